The topological polar surface area (TPSA) is 71.1 Å². The number of benzene rings is 1. The summed E-state index contributed by atoms with van der Waals surface area (Å²) in [6.45, 7) is 3.54. The largest absolute Gasteiger partial charge is 0.341 e. The molecular weight excluding hydrogens is 298 g/mol. The molecule has 0 aliphatic carbocycles. The number of amides is 2. The minimum Gasteiger partial charge on any atom is -0.341 e. The normalized spacial score (nSPS) is 12.1. The summed E-state index contributed by atoms with van der Waals surface area (Å²) in [5.41, 5.74) is 0.924. The van der Waals surface area contributed by atoms with Crippen molar-refractivity contribution in [3.63, 3.8) is 0 Å². The zero-order chi connectivity index (χ0) is 15.9. The van der Waals surface area contributed by atoms with Crippen LogP contribution in [0.15, 0.2) is 42.6 Å². The van der Waals surface area contributed by atoms with Crippen LogP contribution in [0.3, 0.4) is 0 Å². The Balaban J connectivity index is 1.85. The number of carbonyl (C=O) groups is 2. The molecule has 2 N–H and O–H groups in total. The summed E-state index contributed by atoms with van der Waals surface area (Å²) >= 11 is 1.39. The van der Waals surface area contributed by atoms with Crippen LogP contribution < -0.4 is 10.6 Å². The Labute approximate surface area is 133 Å². The maximum atomic E-state index is 11.9. The first-order valence-corrected chi connectivity index (χ1v) is 7.63. The first-order chi connectivity index (χ1) is 10.5. The average Bonchev–Trinajstić information content (AvgIpc) is 2.91. The second kappa shape index (κ2) is 7.51. The monoisotopic (exact) mass is 315 g/mol. The molecule has 1 heterocycles. The van der Waals surface area contributed by atoms with E-state index < -0.39 is 6.04 Å². The van der Waals surface area contributed by atoms with Crippen molar-refractivity contribution in [3.8, 4) is 0 Å². The van der Waals surface area contributed by atoms with Gasteiger partial charge >= 0.3 is 0 Å². The lowest BCUT2D eigenvalue weighted by molar-refractivity contribution is -0.123. The SMILES string of the molecule is Cc1cnc(NC(=O)C(C)NC(=O)C=Cc2ccccc2)s1. The number of anilines is 1. The third-order valence-electron chi connectivity index (χ3n) is 2.83. The molecule has 0 aliphatic heterocycles. The molecule has 1 aromatic heterocycles. The van der Waals surface area contributed by atoms with Crippen molar-refractivity contribution in [1.82, 2.24) is 10.3 Å². The van der Waals surface area contributed by atoms with Gasteiger partial charge in [-0.3, -0.25) is 9.59 Å². The highest BCUT2D eigenvalue weighted by molar-refractivity contribution is 7.15. The fourth-order valence-electron chi connectivity index (χ4n) is 1.69. The number of hydrogen-bond donors (Lipinski definition) is 2. The Kier molecular flexibility index (Phi) is 5.43. The zero-order valence-electron chi connectivity index (χ0n) is 12.4. The molecule has 1 aromatic carbocycles. The predicted molar refractivity (Wildman–Crippen MR) is 88.6 cm³/mol. The number of nitrogens with one attached hydrogen (secondary N) is 2. The quantitative estimate of drug-likeness (QED) is 0.833. The van der Waals surface area contributed by atoms with Gasteiger partial charge in [0.2, 0.25) is 11.8 Å². The molecule has 0 aliphatic rings. The molecule has 2 aromatic rings. The molecule has 114 valence electrons. The lowest BCUT2D eigenvalue weighted by Gasteiger charge is -2.11. The molecule has 1 unspecified atom stereocenters. The molecule has 2 rings (SSSR count). The smallest absolute Gasteiger partial charge is 0.248 e. The van der Waals surface area contributed by atoms with Crippen LogP contribution in [-0.2, 0) is 9.59 Å². The van der Waals surface area contributed by atoms with E-state index in [1.54, 1.807) is 19.2 Å². The minimum atomic E-state index is -0.642. The third kappa shape index (κ3) is 4.82. The first-order valence-electron chi connectivity index (χ1n) is 6.81. The van der Waals surface area contributed by atoms with Gasteiger partial charge in [0, 0.05) is 17.2 Å². The van der Waals surface area contributed by atoms with E-state index in [0.717, 1.165) is 10.4 Å². The number of aromatic nitrogens is 1. The van der Waals surface area contributed by atoms with Crippen LogP contribution in [0.5, 0.6) is 0 Å². The standard InChI is InChI=1S/C16H17N3O2S/c1-11-10-17-16(22-11)19-15(21)12(2)18-14(20)9-8-13-6-4-3-5-7-13/h3-10,12H,1-2H3,(H,18,20)(H,17,19,21). The van der Waals surface area contributed by atoms with Crippen molar-refractivity contribution in [2.75, 3.05) is 5.32 Å². The molecule has 1 atom stereocenters. The van der Waals surface area contributed by atoms with Gasteiger partial charge < -0.3 is 10.6 Å². The highest BCUT2D eigenvalue weighted by Gasteiger charge is 2.15. The number of carbonyl (C=O) groups excluding carboxylic acids is 2. The second-order valence-electron chi connectivity index (χ2n) is 4.74. The van der Waals surface area contributed by atoms with Crippen LogP contribution in [0.1, 0.15) is 17.4 Å². The Morgan fingerprint density at radius 3 is 2.64 bits per heavy atom. The molecule has 0 saturated heterocycles. The van der Waals surface area contributed by atoms with Crippen molar-refractivity contribution in [1.29, 1.82) is 0 Å². The van der Waals surface area contributed by atoms with Gasteiger partial charge in [0.05, 0.1) is 0 Å². The van der Waals surface area contributed by atoms with Crippen LogP contribution in [0.25, 0.3) is 6.08 Å². The van der Waals surface area contributed by atoms with Crippen LogP contribution >= 0.6 is 11.3 Å². The fraction of sp³-hybridized carbons (Fsp3) is 0.188. The lowest BCUT2D eigenvalue weighted by Crippen LogP contribution is -2.40. The van der Waals surface area contributed by atoms with Crippen molar-refractivity contribution >= 4 is 34.4 Å². The Hall–Kier alpha value is -2.47. The molecule has 0 fully saturated rings. The van der Waals surface area contributed by atoms with Crippen molar-refractivity contribution in [2.24, 2.45) is 0 Å². The van der Waals surface area contributed by atoms with E-state index in [2.05, 4.69) is 15.6 Å². The number of thiazole rings is 1. The highest BCUT2D eigenvalue weighted by Crippen LogP contribution is 2.16. The molecular formula is C16H17N3O2S. The first kappa shape index (κ1) is 15.9. The molecule has 5 nitrogen and oxygen atoms in total. The van der Waals surface area contributed by atoms with Gasteiger partial charge in [-0.2, -0.15) is 0 Å². The third-order valence-corrected chi connectivity index (χ3v) is 3.66. The fourth-order valence-corrected chi connectivity index (χ4v) is 2.36. The van der Waals surface area contributed by atoms with Crippen molar-refractivity contribution in [3.05, 3.63) is 53.0 Å². The maximum Gasteiger partial charge on any atom is 0.248 e. The van der Waals surface area contributed by atoms with E-state index in [1.165, 1.54) is 17.4 Å². The van der Waals surface area contributed by atoms with Gasteiger partial charge in [0.1, 0.15) is 6.04 Å². The highest BCUT2D eigenvalue weighted by atomic mass is 32.1. The van der Waals surface area contributed by atoms with Crippen molar-refractivity contribution < 1.29 is 9.59 Å². The van der Waals surface area contributed by atoms with E-state index in [4.69, 9.17) is 0 Å². The summed E-state index contributed by atoms with van der Waals surface area (Å²) in [7, 11) is 0. The Morgan fingerprint density at radius 1 is 1.27 bits per heavy atom. The zero-order valence-corrected chi connectivity index (χ0v) is 13.2. The summed E-state index contributed by atoms with van der Waals surface area (Å²) in [5, 5.41) is 5.82. The summed E-state index contributed by atoms with van der Waals surface area (Å²) in [6.07, 6.45) is 4.79. The number of hydrogen-bond acceptors (Lipinski definition) is 4. The van der Waals surface area contributed by atoms with E-state index in [9.17, 15) is 9.59 Å². The molecule has 0 radical (unpaired) electrons. The molecule has 6 heteroatoms. The van der Waals surface area contributed by atoms with Crippen LogP contribution in [0, 0.1) is 6.92 Å². The number of rotatable bonds is 5. The minimum absolute atomic E-state index is 0.296. The lowest BCUT2D eigenvalue weighted by atomic mass is 10.2. The summed E-state index contributed by atoms with van der Waals surface area (Å²) < 4.78 is 0. The molecule has 2 amide bonds. The average molecular weight is 315 g/mol. The van der Waals surface area contributed by atoms with Crippen LogP contribution in [-0.4, -0.2) is 22.8 Å². The predicted octanol–water partition coefficient (Wildman–Crippen LogP) is 2.61. The Bertz CT molecular complexity index is 680. The van der Waals surface area contributed by atoms with Gasteiger partial charge in [-0.1, -0.05) is 30.3 Å². The molecule has 22 heavy (non-hydrogen) atoms. The maximum absolute atomic E-state index is 11.9. The van der Waals surface area contributed by atoms with Gasteiger partial charge in [-0.25, -0.2) is 4.98 Å². The molecule has 0 saturated carbocycles. The van der Waals surface area contributed by atoms with Crippen LogP contribution in [0.4, 0.5) is 5.13 Å². The van der Waals surface area contributed by atoms with E-state index in [0.29, 0.717) is 5.13 Å². The summed E-state index contributed by atoms with van der Waals surface area (Å²) in [6, 6.07) is 8.84. The summed E-state index contributed by atoms with van der Waals surface area (Å²) in [5.74, 6) is -0.613. The van der Waals surface area contributed by atoms with Gasteiger partial charge in [0.25, 0.3) is 0 Å². The van der Waals surface area contributed by atoms with Gasteiger partial charge in [0.15, 0.2) is 5.13 Å². The van der Waals surface area contributed by atoms with E-state index >= 15 is 0 Å². The van der Waals surface area contributed by atoms with Crippen molar-refractivity contribution in [2.45, 2.75) is 19.9 Å². The van der Waals surface area contributed by atoms with E-state index in [1.807, 2.05) is 37.3 Å². The molecule has 0 bridgehead atoms. The van der Waals surface area contributed by atoms with E-state index in [-0.39, 0.29) is 11.8 Å². The summed E-state index contributed by atoms with van der Waals surface area (Å²) in [4.78, 5) is 28.8. The van der Waals surface area contributed by atoms with Crippen LogP contribution in [0.2, 0.25) is 0 Å². The van der Waals surface area contributed by atoms with Gasteiger partial charge in [-0.15, -0.1) is 11.3 Å². The molecule has 0 spiro atoms. The van der Waals surface area contributed by atoms with Gasteiger partial charge in [-0.05, 0) is 25.5 Å². The number of nitrogens with zero attached hydrogens (tertiary/aromatic N) is 1. The Morgan fingerprint density at radius 2 is 2.00 bits per heavy atom. The second-order valence-corrected chi connectivity index (χ2v) is 5.97. The number of aryl methyl sites for hydroxylation is 1.